The summed E-state index contributed by atoms with van der Waals surface area (Å²) in [5.74, 6) is 0.605. The number of carbonyl (C=O) groups excluding carboxylic acids is 2. The number of nitrogens with zero attached hydrogens (tertiary/aromatic N) is 5. The summed E-state index contributed by atoms with van der Waals surface area (Å²) in [5, 5.41) is 6.78. The molecule has 3 saturated heterocycles. The number of rotatable bonds is 6. The van der Waals surface area contributed by atoms with Crippen molar-refractivity contribution in [2.24, 2.45) is 5.92 Å². The number of imide groups is 1. The molecule has 2 aromatic rings. The highest BCUT2D eigenvalue weighted by atomic mass is 16.5. The first-order valence-corrected chi connectivity index (χ1v) is 11.8. The smallest absolute Gasteiger partial charge is 0.328 e. The van der Waals surface area contributed by atoms with Crippen LogP contribution in [0.4, 0.5) is 10.5 Å². The molecule has 9 nitrogen and oxygen atoms in total. The van der Waals surface area contributed by atoms with Gasteiger partial charge < -0.3 is 9.64 Å². The number of fused-ring (bicyclic) bond motifs is 1. The molecule has 32 heavy (non-hydrogen) atoms. The van der Waals surface area contributed by atoms with E-state index in [0.717, 1.165) is 63.1 Å². The van der Waals surface area contributed by atoms with Gasteiger partial charge in [0.15, 0.2) is 0 Å². The van der Waals surface area contributed by atoms with E-state index in [9.17, 15) is 9.59 Å². The van der Waals surface area contributed by atoms with E-state index in [0.29, 0.717) is 13.0 Å². The molecule has 9 heteroatoms. The maximum atomic E-state index is 12.3. The Morgan fingerprint density at radius 2 is 1.84 bits per heavy atom. The van der Waals surface area contributed by atoms with Gasteiger partial charge in [-0.05, 0) is 49.4 Å². The quantitative estimate of drug-likeness (QED) is 0.737. The summed E-state index contributed by atoms with van der Waals surface area (Å²) in [7, 11) is 0. The maximum Gasteiger partial charge on any atom is 0.328 e. The third-order valence-corrected chi connectivity index (χ3v) is 6.98. The standard InChI is InChI=1S/C23H32N6O3/c30-22-3-7-28(23(31)25-22)21-16-24-29-8-2-19(15-20(21)29)17-27-11-9-26(10-12-27)6-1-18-4-13-32-14-5-18/h2,8,15-16,18H,1,3-7,9-14,17H2,(H,25,30,31). The number of piperazine rings is 1. The van der Waals surface area contributed by atoms with Crippen molar-refractivity contribution in [3.63, 3.8) is 0 Å². The molecule has 1 N–H and O–H groups in total. The second kappa shape index (κ2) is 9.56. The van der Waals surface area contributed by atoms with E-state index in [2.05, 4.69) is 32.3 Å². The molecule has 0 aliphatic carbocycles. The highest BCUT2D eigenvalue weighted by molar-refractivity contribution is 6.07. The fourth-order valence-corrected chi connectivity index (χ4v) is 4.94. The lowest BCUT2D eigenvalue weighted by molar-refractivity contribution is -0.120. The third-order valence-electron chi connectivity index (χ3n) is 6.98. The Labute approximate surface area is 188 Å². The number of amides is 3. The van der Waals surface area contributed by atoms with Crippen molar-refractivity contribution in [2.75, 3.05) is 57.4 Å². The molecular weight excluding hydrogens is 408 g/mol. The second-order valence-electron chi connectivity index (χ2n) is 9.11. The van der Waals surface area contributed by atoms with Gasteiger partial charge in [-0.25, -0.2) is 9.31 Å². The lowest BCUT2D eigenvalue weighted by Gasteiger charge is -2.35. The number of aromatic nitrogens is 2. The molecule has 5 heterocycles. The molecule has 3 fully saturated rings. The summed E-state index contributed by atoms with van der Waals surface area (Å²) in [6.07, 6.45) is 7.68. The van der Waals surface area contributed by atoms with E-state index in [-0.39, 0.29) is 11.9 Å². The molecule has 172 valence electrons. The van der Waals surface area contributed by atoms with Crippen molar-refractivity contribution < 1.29 is 14.3 Å². The first-order chi connectivity index (χ1) is 15.7. The van der Waals surface area contributed by atoms with Crippen molar-refractivity contribution in [3.8, 4) is 0 Å². The zero-order chi connectivity index (χ0) is 21.9. The SMILES string of the molecule is O=C1CCN(c2cnn3ccc(CN4CCN(CCC5CCOCC5)CC4)cc23)C(=O)N1. The average molecular weight is 441 g/mol. The molecule has 0 atom stereocenters. The van der Waals surface area contributed by atoms with Crippen molar-refractivity contribution in [2.45, 2.75) is 32.2 Å². The Hall–Kier alpha value is -2.49. The van der Waals surface area contributed by atoms with Crippen molar-refractivity contribution in [1.29, 1.82) is 0 Å². The van der Waals surface area contributed by atoms with Crippen LogP contribution in [0.1, 0.15) is 31.2 Å². The van der Waals surface area contributed by atoms with Crippen molar-refractivity contribution >= 4 is 23.1 Å². The van der Waals surface area contributed by atoms with Gasteiger partial charge in [-0.1, -0.05) is 0 Å². The van der Waals surface area contributed by atoms with Crippen LogP contribution in [-0.2, 0) is 16.1 Å². The summed E-state index contributed by atoms with van der Waals surface area (Å²) in [6.45, 7) is 8.71. The van der Waals surface area contributed by atoms with Gasteiger partial charge in [0, 0.05) is 65.1 Å². The Kier molecular flexibility index (Phi) is 6.38. The fraction of sp³-hybridized carbons (Fsp3) is 0.609. The lowest BCUT2D eigenvalue weighted by Crippen LogP contribution is -2.49. The normalized spacial score (nSPS) is 21.9. The molecule has 0 aromatic carbocycles. The summed E-state index contributed by atoms with van der Waals surface area (Å²) >= 11 is 0. The fourth-order valence-electron chi connectivity index (χ4n) is 4.94. The number of hydrogen-bond donors (Lipinski definition) is 1. The van der Waals surface area contributed by atoms with E-state index < -0.39 is 0 Å². The van der Waals surface area contributed by atoms with Crippen molar-refractivity contribution in [3.05, 3.63) is 30.1 Å². The van der Waals surface area contributed by atoms with Gasteiger partial charge in [0.25, 0.3) is 0 Å². The number of ether oxygens (including phenoxy) is 1. The molecule has 2 aromatic heterocycles. The minimum Gasteiger partial charge on any atom is -0.381 e. The van der Waals surface area contributed by atoms with Gasteiger partial charge in [-0.2, -0.15) is 5.10 Å². The molecule has 0 radical (unpaired) electrons. The lowest BCUT2D eigenvalue weighted by atomic mass is 9.96. The van der Waals surface area contributed by atoms with Crippen LogP contribution in [-0.4, -0.2) is 83.8 Å². The largest absolute Gasteiger partial charge is 0.381 e. The van der Waals surface area contributed by atoms with Crippen LogP contribution in [0.3, 0.4) is 0 Å². The van der Waals surface area contributed by atoms with Gasteiger partial charge in [-0.3, -0.25) is 19.9 Å². The Morgan fingerprint density at radius 1 is 1.06 bits per heavy atom. The highest BCUT2D eigenvalue weighted by Crippen LogP contribution is 2.25. The number of carbonyl (C=O) groups is 2. The maximum absolute atomic E-state index is 12.3. The molecule has 3 aliphatic rings. The number of anilines is 1. The molecule has 3 amide bonds. The van der Waals surface area contributed by atoms with Gasteiger partial charge in [0.1, 0.15) is 0 Å². The Balaban J connectivity index is 1.17. The third kappa shape index (κ3) is 4.79. The van der Waals surface area contributed by atoms with Crippen LogP contribution in [0.15, 0.2) is 24.5 Å². The van der Waals surface area contributed by atoms with Crippen molar-refractivity contribution in [1.82, 2.24) is 24.7 Å². The molecule has 3 aliphatic heterocycles. The first kappa shape index (κ1) is 21.4. The minimum atomic E-state index is -0.376. The van der Waals surface area contributed by atoms with Gasteiger partial charge in [0.2, 0.25) is 5.91 Å². The minimum absolute atomic E-state index is 0.227. The topological polar surface area (TPSA) is 82.4 Å². The van der Waals surface area contributed by atoms with E-state index in [1.54, 1.807) is 15.6 Å². The van der Waals surface area contributed by atoms with E-state index in [1.165, 1.54) is 31.4 Å². The summed E-state index contributed by atoms with van der Waals surface area (Å²) < 4.78 is 7.26. The number of pyridine rings is 1. The molecule has 5 rings (SSSR count). The van der Waals surface area contributed by atoms with E-state index in [4.69, 9.17) is 4.74 Å². The van der Waals surface area contributed by atoms with Gasteiger partial charge in [-0.15, -0.1) is 0 Å². The van der Waals surface area contributed by atoms with E-state index >= 15 is 0 Å². The second-order valence-corrected chi connectivity index (χ2v) is 9.11. The van der Waals surface area contributed by atoms with Crippen LogP contribution in [0.25, 0.3) is 5.52 Å². The molecule has 0 unspecified atom stereocenters. The molecule has 0 spiro atoms. The first-order valence-electron chi connectivity index (χ1n) is 11.8. The zero-order valence-electron chi connectivity index (χ0n) is 18.5. The number of hydrogen-bond acceptors (Lipinski definition) is 6. The Morgan fingerprint density at radius 3 is 2.62 bits per heavy atom. The number of urea groups is 1. The molecule has 0 bridgehead atoms. The van der Waals surface area contributed by atoms with Crippen LogP contribution in [0, 0.1) is 5.92 Å². The predicted molar refractivity (Wildman–Crippen MR) is 121 cm³/mol. The highest BCUT2D eigenvalue weighted by Gasteiger charge is 2.27. The zero-order valence-corrected chi connectivity index (χ0v) is 18.5. The molecular formula is C23H32N6O3. The predicted octanol–water partition coefficient (Wildman–Crippen LogP) is 1.71. The van der Waals surface area contributed by atoms with Crippen LogP contribution in [0.2, 0.25) is 0 Å². The van der Waals surface area contributed by atoms with E-state index in [1.807, 2.05) is 6.20 Å². The van der Waals surface area contributed by atoms with Crippen LogP contribution < -0.4 is 10.2 Å². The van der Waals surface area contributed by atoms with Crippen LogP contribution in [0.5, 0.6) is 0 Å². The summed E-state index contributed by atoms with van der Waals surface area (Å²) in [5.41, 5.74) is 2.85. The average Bonchev–Trinajstić information content (AvgIpc) is 3.22. The number of nitrogens with one attached hydrogen (secondary N) is 1. The van der Waals surface area contributed by atoms with Gasteiger partial charge >= 0.3 is 6.03 Å². The summed E-state index contributed by atoms with van der Waals surface area (Å²) in [4.78, 5) is 30.4. The monoisotopic (exact) mass is 440 g/mol. The van der Waals surface area contributed by atoms with Gasteiger partial charge in [0.05, 0.1) is 17.4 Å². The van der Waals surface area contributed by atoms with Crippen LogP contribution >= 0.6 is 0 Å². The molecule has 0 saturated carbocycles. The summed E-state index contributed by atoms with van der Waals surface area (Å²) in [6, 6.07) is 3.84. The Bertz CT molecular complexity index is 962.